The number of nitrogens with one attached hydrogen (secondary N) is 2. The Labute approximate surface area is 92.4 Å². The third kappa shape index (κ3) is 3.14. The maximum Gasteiger partial charge on any atom is 0.209 e. The monoisotopic (exact) mass is 229 g/mol. The summed E-state index contributed by atoms with van der Waals surface area (Å²) >= 11 is 1.67. The van der Waals surface area contributed by atoms with Crippen LogP contribution in [0.2, 0.25) is 0 Å². The van der Waals surface area contributed by atoms with Crippen LogP contribution in [0.4, 0.5) is 5.95 Å². The van der Waals surface area contributed by atoms with E-state index < -0.39 is 0 Å². The number of thioether (sulfide) groups is 1. The lowest BCUT2D eigenvalue weighted by Crippen LogP contribution is -2.38. The van der Waals surface area contributed by atoms with E-state index in [-0.39, 0.29) is 12.6 Å². The number of aromatic amines is 1. The van der Waals surface area contributed by atoms with Gasteiger partial charge in [0.25, 0.3) is 0 Å². The molecule has 0 saturated heterocycles. The molecule has 15 heavy (non-hydrogen) atoms. The van der Waals surface area contributed by atoms with E-state index in [0.717, 1.165) is 5.75 Å². The first-order valence-corrected chi connectivity index (χ1v) is 5.83. The number of anilines is 1. The molecule has 1 rings (SSSR count). The lowest BCUT2D eigenvalue weighted by molar-refractivity contribution is 0.277. The van der Waals surface area contributed by atoms with Crippen LogP contribution in [0.3, 0.4) is 0 Å². The minimum atomic E-state index is -0.0960. The molecule has 84 valence electrons. The number of guanidine groups is 1. The van der Waals surface area contributed by atoms with Gasteiger partial charge in [-0.05, 0) is 6.26 Å². The molecule has 0 aromatic carbocycles. The molecular formula is C8H15N5OS. The van der Waals surface area contributed by atoms with Crippen LogP contribution in [0.25, 0.3) is 0 Å². The SMILES string of the molecule is CSCCN(C(=N)N)c1ncc(CO)[nH]1. The number of nitrogens with two attached hydrogens (primary N) is 1. The van der Waals surface area contributed by atoms with Crippen molar-refractivity contribution >= 4 is 23.7 Å². The van der Waals surface area contributed by atoms with Crippen molar-refractivity contribution in [2.45, 2.75) is 6.61 Å². The van der Waals surface area contributed by atoms with Gasteiger partial charge in [0.05, 0.1) is 18.5 Å². The van der Waals surface area contributed by atoms with Gasteiger partial charge in [-0.2, -0.15) is 11.8 Å². The molecule has 0 aliphatic heterocycles. The zero-order valence-electron chi connectivity index (χ0n) is 8.53. The maximum atomic E-state index is 8.87. The molecule has 0 unspecified atom stereocenters. The highest BCUT2D eigenvalue weighted by molar-refractivity contribution is 7.98. The van der Waals surface area contributed by atoms with Crippen molar-refractivity contribution in [3.63, 3.8) is 0 Å². The molecule has 5 N–H and O–H groups in total. The second-order valence-corrected chi connectivity index (χ2v) is 3.91. The highest BCUT2D eigenvalue weighted by Gasteiger charge is 2.12. The van der Waals surface area contributed by atoms with Crippen LogP contribution in [0.5, 0.6) is 0 Å². The number of nitrogens with zero attached hydrogens (tertiary/aromatic N) is 2. The van der Waals surface area contributed by atoms with Gasteiger partial charge in [-0.1, -0.05) is 0 Å². The second-order valence-electron chi connectivity index (χ2n) is 2.92. The molecular weight excluding hydrogens is 214 g/mol. The molecule has 0 radical (unpaired) electrons. The van der Waals surface area contributed by atoms with Crippen LogP contribution >= 0.6 is 11.8 Å². The Morgan fingerprint density at radius 3 is 3.00 bits per heavy atom. The van der Waals surface area contributed by atoms with E-state index in [2.05, 4.69) is 9.97 Å². The largest absolute Gasteiger partial charge is 0.390 e. The van der Waals surface area contributed by atoms with Crippen molar-refractivity contribution in [1.29, 1.82) is 5.41 Å². The van der Waals surface area contributed by atoms with Crippen molar-refractivity contribution in [1.82, 2.24) is 9.97 Å². The topological polar surface area (TPSA) is 102 Å². The standard InChI is InChI=1S/C8H15N5OS/c1-15-3-2-13(7(9)10)8-11-4-6(5-14)12-8/h4,14H,2-3,5H2,1H3,(H3,9,10)(H,11,12). The summed E-state index contributed by atoms with van der Waals surface area (Å²) in [4.78, 5) is 8.49. The highest BCUT2D eigenvalue weighted by atomic mass is 32.2. The molecule has 1 aromatic heterocycles. The average molecular weight is 229 g/mol. The number of hydrogen-bond acceptors (Lipinski definition) is 4. The fraction of sp³-hybridized carbons (Fsp3) is 0.500. The first kappa shape index (κ1) is 11.9. The Hall–Kier alpha value is -1.21. The zero-order chi connectivity index (χ0) is 11.3. The van der Waals surface area contributed by atoms with Crippen LogP contribution in [-0.4, -0.2) is 39.6 Å². The number of aromatic nitrogens is 2. The number of rotatable bonds is 5. The first-order chi connectivity index (χ1) is 7.19. The molecule has 0 spiro atoms. The van der Waals surface area contributed by atoms with Crippen LogP contribution in [0.15, 0.2) is 6.20 Å². The minimum absolute atomic E-state index is 0.0529. The number of H-pyrrole nitrogens is 1. The number of aliphatic hydroxyl groups is 1. The number of hydrogen-bond donors (Lipinski definition) is 4. The van der Waals surface area contributed by atoms with Gasteiger partial charge in [0, 0.05) is 12.3 Å². The van der Waals surface area contributed by atoms with Crippen molar-refractivity contribution in [3.8, 4) is 0 Å². The molecule has 6 nitrogen and oxygen atoms in total. The van der Waals surface area contributed by atoms with Crippen LogP contribution in [0, 0.1) is 5.41 Å². The van der Waals surface area contributed by atoms with Gasteiger partial charge < -0.3 is 15.8 Å². The Bertz CT molecular complexity index is 327. The Kier molecular flexibility index (Phi) is 4.44. The third-order valence-electron chi connectivity index (χ3n) is 1.85. The molecule has 0 bridgehead atoms. The van der Waals surface area contributed by atoms with Crippen molar-refractivity contribution < 1.29 is 5.11 Å². The smallest absolute Gasteiger partial charge is 0.209 e. The van der Waals surface area contributed by atoms with Gasteiger partial charge in [0.1, 0.15) is 0 Å². The summed E-state index contributed by atoms with van der Waals surface area (Å²) < 4.78 is 0. The molecule has 7 heteroatoms. The fourth-order valence-corrected chi connectivity index (χ4v) is 1.45. The maximum absolute atomic E-state index is 8.87. The molecule has 0 aliphatic rings. The van der Waals surface area contributed by atoms with E-state index in [1.54, 1.807) is 16.7 Å². The molecule has 1 heterocycles. The van der Waals surface area contributed by atoms with Crippen molar-refractivity contribution in [2.24, 2.45) is 5.73 Å². The first-order valence-electron chi connectivity index (χ1n) is 4.44. The second kappa shape index (κ2) is 5.62. The third-order valence-corrected chi connectivity index (χ3v) is 2.44. The van der Waals surface area contributed by atoms with Gasteiger partial charge in [-0.15, -0.1) is 0 Å². The van der Waals surface area contributed by atoms with Gasteiger partial charge >= 0.3 is 0 Å². The van der Waals surface area contributed by atoms with E-state index in [1.165, 1.54) is 6.20 Å². The minimum Gasteiger partial charge on any atom is -0.390 e. The molecule has 0 aliphatic carbocycles. The molecule has 0 amide bonds. The molecule has 0 atom stereocenters. The summed E-state index contributed by atoms with van der Waals surface area (Å²) in [5.41, 5.74) is 6.05. The van der Waals surface area contributed by atoms with E-state index in [1.807, 2.05) is 6.26 Å². The molecule has 0 fully saturated rings. The summed E-state index contributed by atoms with van der Waals surface area (Å²) in [7, 11) is 0. The van der Waals surface area contributed by atoms with E-state index in [9.17, 15) is 0 Å². The lowest BCUT2D eigenvalue weighted by atomic mass is 10.5. The van der Waals surface area contributed by atoms with Crippen LogP contribution < -0.4 is 10.6 Å². The molecule has 0 saturated carbocycles. The number of aliphatic hydroxyl groups excluding tert-OH is 1. The van der Waals surface area contributed by atoms with E-state index >= 15 is 0 Å². The lowest BCUT2D eigenvalue weighted by Gasteiger charge is -2.18. The van der Waals surface area contributed by atoms with Crippen molar-refractivity contribution in [3.05, 3.63) is 11.9 Å². The van der Waals surface area contributed by atoms with Crippen LogP contribution in [0.1, 0.15) is 5.69 Å². The van der Waals surface area contributed by atoms with Crippen LogP contribution in [-0.2, 0) is 6.61 Å². The Morgan fingerprint density at radius 1 is 1.80 bits per heavy atom. The summed E-state index contributed by atoms with van der Waals surface area (Å²) in [6.07, 6.45) is 3.52. The van der Waals surface area contributed by atoms with Gasteiger partial charge in [-0.3, -0.25) is 10.3 Å². The Morgan fingerprint density at radius 2 is 2.53 bits per heavy atom. The van der Waals surface area contributed by atoms with E-state index in [0.29, 0.717) is 18.2 Å². The summed E-state index contributed by atoms with van der Waals surface area (Å²) in [6, 6.07) is 0. The van der Waals surface area contributed by atoms with Crippen molar-refractivity contribution in [2.75, 3.05) is 23.5 Å². The van der Waals surface area contributed by atoms with E-state index in [4.69, 9.17) is 16.2 Å². The average Bonchev–Trinajstić information content (AvgIpc) is 2.66. The van der Waals surface area contributed by atoms with Gasteiger partial charge in [0.15, 0.2) is 5.96 Å². The summed E-state index contributed by atoms with van der Waals surface area (Å²) in [6.45, 7) is 0.524. The quantitative estimate of drug-likeness (QED) is 0.419. The normalized spacial score (nSPS) is 10.3. The fourth-order valence-electron chi connectivity index (χ4n) is 1.09. The molecule has 1 aromatic rings. The highest BCUT2D eigenvalue weighted by Crippen LogP contribution is 2.09. The van der Waals surface area contributed by atoms with Gasteiger partial charge in [-0.25, -0.2) is 4.98 Å². The predicted octanol–water partition coefficient (Wildman–Crippen LogP) is -0.0351. The summed E-state index contributed by atoms with van der Waals surface area (Å²) in [5, 5.41) is 16.3. The zero-order valence-corrected chi connectivity index (χ0v) is 9.34. The summed E-state index contributed by atoms with van der Waals surface area (Å²) in [5.74, 6) is 1.30. The predicted molar refractivity (Wildman–Crippen MR) is 62.2 cm³/mol. The number of imidazole rings is 1. The van der Waals surface area contributed by atoms with Gasteiger partial charge in [0.2, 0.25) is 5.95 Å². The Balaban J connectivity index is 2.74.